The van der Waals surface area contributed by atoms with Crippen LogP contribution in [0.3, 0.4) is 0 Å². The predicted molar refractivity (Wildman–Crippen MR) is 111 cm³/mol. The fourth-order valence-corrected chi connectivity index (χ4v) is 3.04. The highest BCUT2D eigenvalue weighted by atomic mass is 35.5. The van der Waals surface area contributed by atoms with Crippen LogP contribution in [0.25, 0.3) is 0 Å². The van der Waals surface area contributed by atoms with Crippen molar-refractivity contribution in [3.63, 3.8) is 0 Å². The molecule has 1 N–H and O–H groups in total. The summed E-state index contributed by atoms with van der Waals surface area (Å²) in [6.07, 6.45) is -0.640. The first-order chi connectivity index (χ1) is 13.5. The van der Waals surface area contributed by atoms with Crippen molar-refractivity contribution in [3.05, 3.63) is 53.6 Å². The van der Waals surface area contributed by atoms with E-state index in [-0.39, 0.29) is 11.7 Å². The number of alkyl halides is 1. The number of rotatable bonds is 6. The standard InChI is InChI=1S/C19H18Cl2N4O3/c1-24-18(26)17(25(19(24)27)15-6-4-3-5-14(15)21)23-16(11-20)22-12-7-9-13(28-2)10-8-12/h3-10,16,22H,11H2,1-2H3. The molecule has 9 heteroatoms. The van der Waals surface area contributed by atoms with Crippen LogP contribution in [0, 0.1) is 0 Å². The fraction of sp³-hybridized carbons (Fsp3) is 0.211. The number of methoxy groups -OCH3 is 1. The quantitative estimate of drug-likeness (QED) is 0.569. The summed E-state index contributed by atoms with van der Waals surface area (Å²) in [5.41, 5.74) is 1.12. The fourth-order valence-electron chi connectivity index (χ4n) is 2.67. The number of nitrogens with zero attached hydrogens (tertiary/aromatic N) is 3. The van der Waals surface area contributed by atoms with Gasteiger partial charge < -0.3 is 10.1 Å². The molecule has 0 radical (unpaired) electrons. The Morgan fingerprint density at radius 2 is 1.82 bits per heavy atom. The number of amidine groups is 1. The Hall–Kier alpha value is -2.77. The number of halogens is 2. The van der Waals surface area contributed by atoms with Crippen molar-refractivity contribution in [2.45, 2.75) is 6.17 Å². The van der Waals surface area contributed by atoms with E-state index in [2.05, 4.69) is 10.3 Å². The van der Waals surface area contributed by atoms with Crippen LogP contribution in [-0.4, -0.2) is 48.9 Å². The number of hydrogen-bond donors (Lipinski definition) is 1. The number of para-hydroxylation sites is 1. The van der Waals surface area contributed by atoms with Crippen LogP contribution in [-0.2, 0) is 4.79 Å². The van der Waals surface area contributed by atoms with Crippen LogP contribution < -0.4 is 15.0 Å². The van der Waals surface area contributed by atoms with E-state index in [0.717, 1.165) is 10.6 Å². The third-order valence-electron chi connectivity index (χ3n) is 4.13. The van der Waals surface area contributed by atoms with Gasteiger partial charge in [-0.15, -0.1) is 11.6 Å². The molecular formula is C19H18Cl2N4O3. The average Bonchev–Trinajstić information content (AvgIpc) is 2.92. The first-order valence-corrected chi connectivity index (χ1v) is 9.28. The lowest BCUT2D eigenvalue weighted by molar-refractivity contribution is -0.119. The Balaban J connectivity index is 1.94. The van der Waals surface area contributed by atoms with Crippen LogP contribution in [0.1, 0.15) is 0 Å². The Labute approximate surface area is 172 Å². The summed E-state index contributed by atoms with van der Waals surface area (Å²) >= 11 is 12.3. The van der Waals surface area contributed by atoms with Gasteiger partial charge in [-0.3, -0.25) is 9.69 Å². The third-order valence-corrected chi connectivity index (χ3v) is 4.74. The molecule has 28 heavy (non-hydrogen) atoms. The van der Waals surface area contributed by atoms with Crippen molar-refractivity contribution in [3.8, 4) is 5.75 Å². The third kappa shape index (κ3) is 3.90. The highest BCUT2D eigenvalue weighted by Gasteiger charge is 2.42. The predicted octanol–water partition coefficient (Wildman–Crippen LogP) is 3.82. The van der Waals surface area contributed by atoms with Gasteiger partial charge >= 0.3 is 6.03 Å². The van der Waals surface area contributed by atoms with Gasteiger partial charge in [-0.25, -0.2) is 14.7 Å². The first-order valence-electron chi connectivity index (χ1n) is 8.37. The molecule has 0 saturated carbocycles. The van der Waals surface area contributed by atoms with E-state index in [9.17, 15) is 9.59 Å². The number of aliphatic imine (C=N–C) groups is 1. The smallest absolute Gasteiger partial charge is 0.337 e. The van der Waals surface area contributed by atoms with E-state index in [1.807, 2.05) is 0 Å². The number of anilines is 2. The summed E-state index contributed by atoms with van der Waals surface area (Å²) in [5, 5.41) is 3.46. The topological polar surface area (TPSA) is 74.2 Å². The maximum atomic E-state index is 12.6. The number of ether oxygens (including phenoxy) is 1. The van der Waals surface area contributed by atoms with Crippen LogP contribution in [0.15, 0.2) is 53.5 Å². The van der Waals surface area contributed by atoms with E-state index in [1.54, 1.807) is 55.6 Å². The Morgan fingerprint density at radius 3 is 2.43 bits per heavy atom. The molecule has 1 unspecified atom stereocenters. The number of carbonyl (C=O) groups is 2. The summed E-state index contributed by atoms with van der Waals surface area (Å²) in [6.45, 7) is 0. The average molecular weight is 421 g/mol. The molecule has 2 aromatic rings. The van der Waals surface area contributed by atoms with Gasteiger partial charge in [0.15, 0.2) is 0 Å². The zero-order valence-corrected chi connectivity index (χ0v) is 16.7. The number of hydrogen-bond acceptors (Lipinski definition) is 5. The van der Waals surface area contributed by atoms with Gasteiger partial charge in [0, 0.05) is 12.7 Å². The minimum atomic E-state index is -0.640. The second kappa shape index (κ2) is 8.50. The number of likely N-dealkylation sites (N-methyl/N-ethyl adjacent to an activating group) is 1. The van der Waals surface area contributed by atoms with Gasteiger partial charge in [-0.2, -0.15) is 0 Å². The SMILES string of the molecule is COc1ccc(NC(CCl)N=C2C(=O)N(C)C(=O)N2c2ccccc2Cl)cc1. The molecular weight excluding hydrogens is 403 g/mol. The zero-order valence-electron chi connectivity index (χ0n) is 15.2. The van der Waals surface area contributed by atoms with E-state index in [4.69, 9.17) is 27.9 Å². The molecule has 2 aromatic carbocycles. The number of nitrogens with one attached hydrogen (secondary N) is 1. The molecule has 3 amide bonds. The van der Waals surface area contributed by atoms with Crippen LogP contribution >= 0.6 is 23.2 Å². The highest BCUT2D eigenvalue weighted by Crippen LogP contribution is 2.30. The molecule has 0 spiro atoms. The van der Waals surface area contributed by atoms with Gasteiger partial charge in [-0.05, 0) is 36.4 Å². The minimum absolute atomic E-state index is 0.0488. The molecule has 0 aliphatic carbocycles. The van der Waals surface area contributed by atoms with Gasteiger partial charge in [0.1, 0.15) is 11.9 Å². The molecule has 1 aliphatic heterocycles. The molecule has 1 heterocycles. The van der Waals surface area contributed by atoms with Crippen molar-refractivity contribution >= 4 is 52.4 Å². The number of amides is 3. The maximum Gasteiger partial charge on any atom is 0.337 e. The lowest BCUT2D eigenvalue weighted by Crippen LogP contribution is -2.34. The van der Waals surface area contributed by atoms with E-state index < -0.39 is 18.1 Å². The van der Waals surface area contributed by atoms with Gasteiger partial charge in [0.05, 0.1) is 23.7 Å². The molecule has 1 fully saturated rings. The van der Waals surface area contributed by atoms with Gasteiger partial charge in [0.25, 0.3) is 5.91 Å². The molecule has 7 nitrogen and oxygen atoms in total. The van der Waals surface area contributed by atoms with Crippen molar-refractivity contribution in [1.29, 1.82) is 0 Å². The number of urea groups is 1. The summed E-state index contributed by atoms with van der Waals surface area (Å²) in [6, 6.07) is 13.4. The highest BCUT2D eigenvalue weighted by molar-refractivity contribution is 6.55. The number of benzene rings is 2. The van der Waals surface area contributed by atoms with Gasteiger partial charge in [0.2, 0.25) is 5.84 Å². The summed E-state index contributed by atoms with van der Waals surface area (Å²) < 4.78 is 5.13. The summed E-state index contributed by atoms with van der Waals surface area (Å²) in [7, 11) is 2.97. The Bertz CT molecular complexity index is 918. The van der Waals surface area contributed by atoms with Crippen molar-refractivity contribution in [1.82, 2.24) is 4.90 Å². The largest absolute Gasteiger partial charge is 0.497 e. The van der Waals surface area contributed by atoms with E-state index in [1.165, 1.54) is 11.9 Å². The zero-order chi connectivity index (χ0) is 20.3. The van der Waals surface area contributed by atoms with E-state index in [0.29, 0.717) is 16.5 Å². The second-order valence-electron chi connectivity index (χ2n) is 5.93. The summed E-state index contributed by atoms with van der Waals surface area (Å²) in [5.74, 6) is 0.211. The molecule has 3 rings (SSSR count). The van der Waals surface area contributed by atoms with Crippen molar-refractivity contribution in [2.75, 3.05) is 30.3 Å². The molecule has 1 saturated heterocycles. The number of imide groups is 1. The number of carbonyl (C=O) groups excluding carboxylic acids is 2. The normalized spacial score (nSPS) is 16.6. The van der Waals surface area contributed by atoms with Crippen molar-refractivity contribution < 1.29 is 14.3 Å². The molecule has 1 aliphatic rings. The van der Waals surface area contributed by atoms with Gasteiger partial charge in [-0.1, -0.05) is 23.7 Å². The first kappa shape index (κ1) is 20.0. The lowest BCUT2D eigenvalue weighted by atomic mass is 10.3. The minimum Gasteiger partial charge on any atom is -0.497 e. The Kier molecular flexibility index (Phi) is 6.06. The molecule has 1 atom stereocenters. The lowest BCUT2D eigenvalue weighted by Gasteiger charge is -2.19. The molecule has 146 valence electrons. The maximum absolute atomic E-state index is 12.6. The monoisotopic (exact) mass is 420 g/mol. The van der Waals surface area contributed by atoms with Crippen LogP contribution in [0.5, 0.6) is 5.75 Å². The van der Waals surface area contributed by atoms with E-state index >= 15 is 0 Å². The van der Waals surface area contributed by atoms with Crippen LogP contribution in [0.2, 0.25) is 5.02 Å². The Morgan fingerprint density at radius 1 is 1.14 bits per heavy atom. The molecule has 0 bridgehead atoms. The molecule has 0 aromatic heterocycles. The summed E-state index contributed by atoms with van der Waals surface area (Å²) in [4.78, 5) is 31.8. The second-order valence-corrected chi connectivity index (χ2v) is 6.65. The van der Waals surface area contributed by atoms with Crippen LogP contribution in [0.4, 0.5) is 16.2 Å². The van der Waals surface area contributed by atoms with Crippen molar-refractivity contribution in [2.24, 2.45) is 4.99 Å².